The second kappa shape index (κ2) is 5.13. The van der Waals surface area contributed by atoms with Crippen LogP contribution in [0.3, 0.4) is 0 Å². The summed E-state index contributed by atoms with van der Waals surface area (Å²) in [5.74, 6) is -0.253. The van der Waals surface area contributed by atoms with Crippen LogP contribution in [0.25, 0.3) is 0 Å². The maximum Gasteiger partial charge on any atom is 0.339 e. The Balaban J connectivity index is 1.99. The van der Waals surface area contributed by atoms with Gasteiger partial charge in [0, 0.05) is 38.1 Å². The average Bonchev–Trinajstić information content (AvgIpc) is 2.84. The fourth-order valence-corrected chi connectivity index (χ4v) is 2.53. The minimum Gasteiger partial charge on any atom is -0.449 e. The molecule has 2 aromatic carbocycles. The van der Waals surface area contributed by atoms with Crippen molar-refractivity contribution in [3.63, 3.8) is 0 Å². The van der Waals surface area contributed by atoms with Crippen LogP contribution in [0, 0.1) is 0 Å². The van der Waals surface area contributed by atoms with Crippen LogP contribution >= 0.6 is 0 Å². The Morgan fingerprint density at radius 1 is 1.10 bits per heavy atom. The number of ether oxygens (including phenoxy) is 1. The number of anilines is 2. The molecule has 0 aliphatic carbocycles. The first kappa shape index (κ1) is 13.5. The van der Waals surface area contributed by atoms with Gasteiger partial charge < -0.3 is 15.0 Å². The number of carbonyl (C=O) groups excluding carboxylic acids is 1. The molecule has 2 aromatic rings. The first-order chi connectivity index (χ1) is 10.1. The van der Waals surface area contributed by atoms with Crippen LogP contribution in [0.2, 0.25) is 0 Å². The van der Waals surface area contributed by atoms with E-state index < -0.39 is 0 Å². The SMILES string of the molecule is CNc1ccc(C2OC(=O)c3cc(N(C)C)ccc32)cc1. The van der Waals surface area contributed by atoms with Crippen LogP contribution in [0.1, 0.15) is 27.6 Å². The standard InChI is InChI=1S/C17H18N2O2/c1-18-12-6-4-11(5-7-12)16-14-9-8-13(19(2)3)10-15(14)17(20)21-16/h4-10,16,18H,1-3H3. The molecule has 0 amide bonds. The van der Waals surface area contributed by atoms with Gasteiger partial charge in [-0.1, -0.05) is 18.2 Å². The Hall–Kier alpha value is -2.49. The smallest absolute Gasteiger partial charge is 0.339 e. The average molecular weight is 282 g/mol. The van der Waals surface area contributed by atoms with Gasteiger partial charge in [-0.05, 0) is 29.8 Å². The molecule has 0 fully saturated rings. The largest absolute Gasteiger partial charge is 0.449 e. The summed E-state index contributed by atoms with van der Waals surface area (Å²) in [4.78, 5) is 14.1. The van der Waals surface area contributed by atoms with Gasteiger partial charge >= 0.3 is 5.97 Å². The molecule has 0 saturated carbocycles. The number of cyclic esters (lactones) is 1. The maximum absolute atomic E-state index is 12.1. The first-order valence-corrected chi connectivity index (χ1v) is 6.90. The fraction of sp³-hybridized carbons (Fsp3) is 0.235. The Kier molecular flexibility index (Phi) is 3.29. The lowest BCUT2D eigenvalue weighted by molar-refractivity contribution is 0.0456. The van der Waals surface area contributed by atoms with Crippen LogP contribution < -0.4 is 10.2 Å². The van der Waals surface area contributed by atoms with Gasteiger partial charge in [0.1, 0.15) is 0 Å². The molecule has 1 heterocycles. The fourth-order valence-electron chi connectivity index (χ4n) is 2.53. The molecule has 1 aliphatic rings. The highest BCUT2D eigenvalue weighted by atomic mass is 16.5. The van der Waals surface area contributed by atoms with Crippen LogP contribution in [-0.4, -0.2) is 27.1 Å². The summed E-state index contributed by atoms with van der Waals surface area (Å²) in [5, 5.41) is 3.08. The predicted octanol–water partition coefficient (Wildman–Crippen LogP) is 3.05. The van der Waals surface area contributed by atoms with Gasteiger partial charge in [0.05, 0.1) is 5.56 Å². The molecule has 108 valence electrons. The number of carbonyl (C=O) groups is 1. The Morgan fingerprint density at radius 2 is 1.81 bits per heavy atom. The van der Waals surface area contributed by atoms with Crippen molar-refractivity contribution in [2.75, 3.05) is 31.4 Å². The molecule has 1 aliphatic heterocycles. The summed E-state index contributed by atoms with van der Waals surface area (Å²) in [6, 6.07) is 13.8. The lowest BCUT2D eigenvalue weighted by Gasteiger charge is -2.14. The van der Waals surface area contributed by atoms with E-state index in [1.165, 1.54) is 0 Å². The molecule has 0 bridgehead atoms. The summed E-state index contributed by atoms with van der Waals surface area (Å²) in [7, 11) is 5.79. The van der Waals surface area contributed by atoms with Gasteiger partial charge in [0.25, 0.3) is 0 Å². The van der Waals surface area contributed by atoms with Gasteiger partial charge in [-0.25, -0.2) is 4.79 Å². The third kappa shape index (κ3) is 2.33. The van der Waals surface area contributed by atoms with E-state index in [0.717, 1.165) is 22.5 Å². The Bertz CT molecular complexity index is 678. The number of nitrogens with zero attached hydrogens (tertiary/aromatic N) is 1. The molecule has 4 nitrogen and oxygen atoms in total. The zero-order valence-corrected chi connectivity index (χ0v) is 12.4. The molecule has 3 rings (SSSR count). The summed E-state index contributed by atoms with van der Waals surface area (Å²) in [5.41, 5.74) is 4.61. The van der Waals surface area contributed by atoms with Crippen molar-refractivity contribution in [3.8, 4) is 0 Å². The van der Waals surface area contributed by atoms with E-state index in [1.807, 2.05) is 68.5 Å². The molecule has 21 heavy (non-hydrogen) atoms. The number of benzene rings is 2. The van der Waals surface area contributed by atoms with E-state index in [-0.39, 0.29) is 12.1 Å². The van der Waals surface area contributed by atoms with Crippen LogP contribution in [0.4, 0.5) is 11.4 Å². The van der Waals surface area contributed by atoms with Gasteiger partial charge in [0.15, 0.2) is 6.10 Å². The summed E-state index contributed by atoms with van der Waals surface area (Å²) in [6.07, 6.45) is -0.311. The molecule has 0 saturated heterocycles. The number of rotatable bonds is 3. The maximum atomic E-state index is 12.1. The number of esters is 1. The third-order valence-electron chi connectivity index (χ3n) is 3.78. The normalized spacial score (nSPS) is 16.3. The van der Waals surface area contributed by atoms with Crippen molar-refractivity contribution < 1.29 is 9.53 Å². The van der Waals surface area contributed by atoms with Crippen molar-refractivity contribution in [2.45, 2.75) is 6.10 Å². The molecular weight excluding hydrogens is 264 g/mol. The molecule has 4 heteroatoms. The van der Waals surface area contributed by atoms with Crippen LogP contribution in [0.5, 0.6) is 0 Å². The van der Waals surface area contributed by atoms with E-state index in [0.29, 0.717) is 5.56 Å². The Morgan fingerprint density at radius 3 is 2.43 bits per heavy atom. The van der Waals surface area contributed by atoms with Gasteiger partial charge in [-0.3, -0.25) is 0 Å². The molecule has 0 radical (unpaired) electrons. The second-order valence-electron chi connectivity index (χ2n) is 5.32. The number of fused-ring (bicyclic) bond motifs is 1. The quantitative estimate of drug-likeness (QED) is 0.879. The van der Waals surface area contributed by atoms with Gasteiger partial charge in [0.2, 0.25) is 0 Å². The number of hydrogen-bond donors (Lipinski definition) is 1. The van der Waals surface area contributed by atoms with Crippen LogP contribution in [-0.2, 0) is 4.74 Å². The lowest BCUT2D eigenvalue weighted by Crippen LogP contribution is -2.09. The zero-order chi connectivity index (χ0) is 15.0. The highest BCUT2D eigenvalue weighted by molar-refractivity contribution is 5.95. The van der Waals surface area contributed by atoms with Crippen molar-refractivity contribution >= 4 is 17.3 Å². The van der Waals surface area contributed by atoms with E-state index in [4.69, 9.17) is 4.74 Å². The summed E-state index contributed by atoms with van der Waals surface area (Å²) >= 11 is 0. The minimum absolute atomic E-state index is 0.253. The zero-order valence-electron chi connectivity index (χ0n) is 12.4. The predicted molar refractivity (Wildman–Crippen MR) is 84.0 cm³/mol. The summed E-state index contributed by atoms with van der Waals surface area (Å²) < 4.78 is 5.55. The van der Waals surface area contributed by atoms with Crippen molar-refractivity contribution in [1.82, 2.24) is 0 Å². The number of hydrogen-bond acceptors (Lipinski definition) is 4. The molecular formula is C17H18N2O2. The van der Waals surface area contributed by atoms with Crippen molar-refractivity contribution in [1.29, 1.82) is 0 Å². The lowest BCUT2D eigenvalue weighted by atomic mass is 9.98. The highest BCUT2D eigenvalue weighted by Gasteiger charge is 2.32. The van der Waals surface area contributed by atoms with Gasteiger partial charge in [-0.2, -0.15) is 0 Å². The van der Waals surface area contributed by atoms with Crippen molar-refractivity contribution in [3.05, 3.63) is 59.2 Å². The van der Waals surface area contributed by atoms with Gasteiger partial charge in [-0.15, -0.1) is 0 Å². The second-order valence-corrected chi connectivity index (χ2v) is 5.32. The monoisotopic (exact) mass is 282 g/mol. The molecule has 1 N–H and O–H groups in total. The van der Waals surface area contributed by atoms with E-state index in [1.54, 1.807) is 0 Å². The summed E-state index contributed by atoms with van der Waals surface area (Å²) in [6.45, 7) is 0. The van der Waals surface area contributed by atoms with E-state index >= 15 is 0 Å². The van der Waals surface area contributed by atoms with Crippen LogP contribution in [0.15, 0.2) is 42.5 Å². The number of nitrogens with one attached hydrogen (secondary N) is 1. The van der Waals surface area contributed by atoms with E-state index in [2.05, 4.69) is 5.32 Å². The highest BCUT2D eigenvalue weighted by Crippen LogP contribution is 2.37. The Labute approximate surface area is 124 Å². The molecule has 0 aromatic heterocycles. The third-order valence-corrected chi connectivity index (χ3v) is 3.78. The molecule has 1 unspecified atom stereocenters. The topological polar surface area (TPSA) is 41.6 Å². The van der Waals surface area contributed by atoms with Crippen molar-refractivity contribution in [2.24, 2.45) is 0 Å². The van der Waals surface area contributed by atoms with E-state index in [9.17, 15) is 4.79 Å². The molecule has 1 atom stereocenters. The minimum atomic E-state index is -0.311. The molecule has 0 spiro atoms. The first-order valence-electron chi connectivity index (χ1n) is 6.90.